The molecule has 3 heteroatoms. The maximum Gasteiger partial charge on any atom is 0.338 e. The highest BCUT2D eigenvalue weighted by molar-refractivity contribution is 5.91. The molecule has 22 heavy (non-hydrogen) atoms. The van der Waals surface area contributed by atoms with E-state index in [1.54, 1.807) is 0 Å². The quantitative estimate of drug-likeness (QED) is 0.776. The maximum absolute atomic E-state index is 12.2. The van der Waals surface area contributed by atoms with Crippen molar-refractivity contribution in [3.8, 4) is 0 Å². The summed E-state index contributed by atoms with van der Waals surface area (Å²) in [7, 11) is 2.22. The van der Waals surface area contributed by atoms with Crippen molar-refractivity contribution in [2.45, 2.75) is 57.7 Å². The van der Waals surface area contributed by atoms with E-state index in [2.05, 4.69) is 24.1 Å². The van der Waals surface area contributed by atoms with Crippen LogP contribution in [0.5, 0.6) is 0 Å². The topological polar surface area (TPSA) is 29.5 Å². The lowest BCUT2D eigenvalue weighted by molar-refractivity contribution is 0.00695. The van der Waals surface area contributed by atoms with Gasteiger partial charge in [-0.15, -0.1) is 0 Å². The number of likely N-dealkylation sites (N-methyl/N-ethyl adjacent to an activating group) is 1. The Kier molecular flexibility index (Phi) is 3.85. The van der Waals surface area contributed by atoms with E-state index in [1.807, 2.05) is 39.0 Å². The third kappa shape index (κ3) is 3.09. The molecule has 2 heterocycles. The second-order valence-corrected chi connectivity index (χ2v) is 7.44. The van der Waals surface area contributed by atoms with Crippen molar-refractivity contribution in [2.75, 3.05) is 7.05 Å². The van der Waals surface area contributed by atoms with Gasteiger partial charge in [0.1, 0.15) is 5.60 Å². The molecule has 1 fully saturated rings. The summed E-state index contributed by atoms with van der Waals surface area (Å²) in [4.78, 5) is 14.7. The molecule has 0 aromatic heterocycles. The predicted molar refractivity (Wildman–Crippen MR) is 88.8 cm³/mol. The molecule has 1 saturated heterocycles. The summed E-state index contributed by atoms with van der Waals surface area (Å²) in [5.41, 5.74) is 2.71. The summed E-state index contributed by atoms with van der Waals surface area (Å²) in [6.45, 7) is 5.68. The molecule has 2 bridgehead atoms. The van der Waals surface area contributed by atoms with Gasteiger partial charge in [-0.2, -0.15) is 0 Å². The number of ether oxygens (including phenoxy) is 1. The van der Waals surface area contributed by atoms with Crippen molar-refractivity contribution < 1.29 is 9.53 Å². The fourth-order valence-corrected chi connectivity index (χ4v) is 3.44. The molecule has 2 aliphatic heterocycles. The molecule has 0 spiro atoms. The molecule has 0 radical (unpaired) electrons. The van der Waals surface area contributed by atoms with E-state index < -0.39 is 5.60 Å². The minimum absolute atomic E-state index is 0.245. The van der Waals surface area contributed by atoms with Gasteiger partial charge in [-0.05, 0) is 70.4 Å². The Morgan fingerprint density at radius 1 is 1.27 bits per heavy atom. The van der Waals surface area contributed by atoms with Crippen LogP contribution in [0, 0.1) is 0 Å². The number of nitrogens with zero attached hydrogens (tertiary/aromatic N) is 1. The highest BCUT2D eigenvalue weighted by Crippen LogP contribution is 2.37. The van der Waals surface area contributed by atoms with Gasteiger partial charge in [0, 0.05) is 12.1 Å². The van der Waals surface area contributed by atoms with Gasteiger partial charge in [-0.25, -0.2) is 4.79 Å². The van der Waals surface area contributed by atoms with Crippen LogP contribution in [0.4, 0.5) is 0 Å². The molecular weight excluding hydrogens is 274 g/mol. The van der Waals surface area contributed by atoms with Crippen LogP contribution in [0.2, 0.25) is 0 Å². The van der Waals surface area contributed by atoms with E-state index in [-0.39, 0.29) is 5.97 Å². The summed E-state index contributed by atoms with van der Waals surface area (Å²) >= 11 is 0. The molecule has 2 aliphatic rings. The van der Waals surface area contributed by atoms with Crippen LogP contribution in [0.15, 0.2) is 30.3 Å². The zero-order valence-corrected chi connectivity index (χ0v) is 13.9. The molecule has 2 unspecified atom stereocenters. The van der Waals surface area contributed by atoms with Gasteiger partial charge >= 0.3 is 5.97 Å². The van der Waals surface area contributed by atoms with Gasteiger partial charge in [0.25, 0.3) is 0 Å². The summed E-state index contributed by atoms with van der Waals surface area (Å²) in [6, 6.07) is 9.07. The zero-order chi connectivity index (χ0) is 15.9. The Bertz CT molecular complexity index is 612. The van der Waals surface area contributed by atoms with Crippen LogP contribution in [-0.2, 0) is 4.74 Å². The second-order valence-electron chi connectivity index (χ2n) is 7.44. The first-order chi connectivity index (χ1) is 10.3. The molecule has 0 saturated carbocycles. The van der Waals surface area contributed by atoms with Crippen LogP contribution in [-0.4, -0.2) is 35.6 Å². The summed E-state index contributed by atoms with van der Waals surface area (Å²) in [5, 5.41) is 0. The van der Waals surface area contributed by atoms with Crippen LogP contribution >= 0.6 is 0 Å². The Morgan fingerprint density at radius 3 is 2.73 bits per heavy atom. The van der Waals surface area contributed by atoms with Crippen molar-refractivity contribution in [3.63, 3.8) is 0 Å². The van der Waals surface area contributed by atoms with Gasteiger partial charge in [0.15, 0.2) is 0 Å². The van der Waals surface area contributed by atoms with Crippen LogP contribution in [0.1, 0.15) is 56.0 Å². The van der Waals surface area contributed by atoms with Crippen LogP contribution in [0.25, 0.3) is 5.57 Å². The fraction of sp³-hybridized carbons (Fsp3) is 0.526. The summed E-state index contributed by atoms with van der Waals surface area (Å²) in [5.74, 6) is -0.245. The third-order valence-corrected chi connectivity index (χ3v) is 4.61. The molecule has 1 aromatic carbocycles. The molecule has 2 atom stereocenters. The number of esters is 1. The van der Waals surface area contributed by atoms with Gasteiger partial charge in [0.05, 0.1) is 5.56 Å². The van der Waals surface area contributed by atoms with Gasteiger partial charge in [-0.3, -0.25) is 4.90 Å². The molecule has 3 nitrogen and oxygen atoms in total. The largest absolute Gasteiger partial charge is 0.456 e. The number of carbonyl (C=O) groups is 1. The first kappa shape index (κ1) is 15.3. The number of rotatable bonds is 2. The first-order valence-corrected chi connectivity index (χ1v) is 8.10. The van der Waals surface area contributed by atoms with E-state index in [0.29, 0.717) is 17.6 Å². The predicted octanol–water partition coefficient (Wildman–Crippen LogP) is 3.89. The molecule has 0 amide bonds. The average molecular weight is 299 g/mol. The van der Waals surface area contributed by atoms with E-state index in [4.69, 9.17) is 4.74 Å². The normalized spacial score (nSPS) is 25.0. The highest BCUT2D eigenvalue weighted by Gasteiger charge is 2.34. The highest BCUT2D eigenvalue weighted by atomic mass is 16.6. The van der Waals surface area contributed by atoms with Crippen molar-refractivity contribution in [2.24, 2.45) is 0 Å². The lowest BCUT2D eigenvalue weighted by Gasteiger charge is -2.30. The van der Waals surface area contributed by atoms with Crippen molar-refractivity contribution in [1.82, 2.24) is 4.90 Å². The summed E-state index contributed by atoms with van der Waals surface area (Å²) in [6.07, 6.45) is 5.96. The molecule has 0 N–H and O–H groups in total. The molecule has 3 rings (SSSR count). The van der Waals surface area contributed by atoms with E-state index in [1.165, 1.54) is 18.4 Å². The average Bonchev–Trinajstić information content (AvgIpc) is 2.67. The van der Waals surface area contributed by atoms with Crippen molar-refractivity contribution >= 4 is 11.5 Å². The van der Waals surface area contributed by atoms with Gasteiger partial charge < -0.3 is 4.74 Å². The Morgan fingerprint density at radius 2 is 2.05 bits per heavy atom. The van der Waals surface area contributed by atoms with Gasteiger partial charge in [0.2, 0.25) is 0 Å². The number of benzene rings is 1. The number of hydrogen-bond donors (Lipinski definition) is 0. The minimum Gasteiger partial charge on any atom is -0.456 e. The van der Waals surface area contributed by atoms with Crippen LogP contribution in [0.3, 0.4) is 0 Å². The third-order valence-electron chi connectivity index (χ3n) is 4.61. The molecule has 118 valence electrons. The number of carbonyl (C=O) groups excluding carboxylic acids is 1. The Hall–Kier alpha value is -1.61. The number of fused-ring (bicyclic) bond motifs is 2. The zero-order valence-electron chi connectivity index (χ0n) is 13.9. The maximum atomic E-state index is 12.2. The smallest absolute Gasteiger partial charge is 0.338 e. The lowest BCUT2D eigenvalue weighted by atomic mass is 9.94. The van der Waals surface area contributed by atoms with Gasteiger partial charge in [-0.1, -0.05) is 18.2 Å². The van der Waals surface area contributed by atoms with E-state index in [0.717, 1.165) is 12.0 Å². The molecule has 0 aliphatic carbocycles. The molecular formula is C19H25NO2. The molecule has 1 aromatic rings. The first-order valence-electron chi connectivity index (χ1n) is 8.10. The monoisotopic (exact) mass is 299 g/mol. The second kappa shape index (κ2) is 5.54. The van der Waals surface area contributed by atoms with E-state index >= 15 is 0 Å². The minimum atomic E-state index is -0.459. The summed E-state index contributed by atoms with van der Waals surface area (Å²) < 4.78 is 5.47. The fourth-order valence-electron chi connectivity index (χ4n) is 3.44. The Balaban J connectivity index is 1.83. The Labute approximate surface area is 133 Å². The van der Waals surface area contributed by atoms with Crippen molar-refractivity contribution in [3.05, 3.63) is 41.5 Å². The van der Waals surface area contributed by atoms with Crippen LogP contribution < -0.4 is 0 Å². The lowest BCUT2D eigenvalue weighted by Crippen LogP contribution is -2.34. The SMILES string of the molecule is CN1C2C=C(c3cccc(C(=O)OC(C)(C)C)c3)CC1CC2. The standard InChI is InChI=1S/C19H25NO2/c1-19(2,3)22-18(21)14-7-5-6-13(10-14)15-11-16-8-9-17(12-15)20(16)4/h5-7,10-11,16-17H,8-9,12H2,1-4H3. The van der Waals surface area contributed by atoms with E-state index in [9.17, 15) is 4.79 Å². The number of hydrogen-bond acceptors (Lipinski definition) is 3. The van der Waals surface area contributed by atoms with Crippen molar-refractivity contribution in [1.29, 1.82) is 0 Å².